The third-order valence-electron chi connectivity index (χ3n) is 3.94. The number of benzene rings is 2. The highest BCUT2D eigenvalue weighted by Gasteiger charge is 2.31. The Kier molecular flexibility index (Phi) is 4.55. The molecule has 8 heteroatoms. The van der Waals surface area contributed by atoms with Gasteiger partial charge in [-0.25, -0.2) is 8.78 Å². The lowest BCUT2D eigenvalue weighted by Gasteiger charge is -2.25. The highest BCUT2D eigenvalue weighted by atomic mass is 19.4. The van der Waals surface area contributed by atoms with E-state index in [0.717, 1.165) is 12.1 Å². The second-order valence-electron chi connectivity index (χ2n) is 5.83. The average molecular weight is 358 g/mol. The number of fused-ring (bicyclic) bond motifs is 1. The number of nitrogens with zero attached hydrogens (tertiary/aromatic N) is 2. The van der Waals surface area contributed by atoms with Crippen molar-refractivity contribution < 1.29 is 26.7 Å². The molecule has 134 valence electrons. The minimum atomic E-state index is -4.77. The molecular weight excluding hydrogens is 343 g/mol. The van der Waals surface area contributed by atoms with Crippen LogP contribution in [0.25, 0.3) is 0 Å². The largest absolute Gasteiger partial charge is 0.573 e. The lowest BCUT2D eigenvalue weighted by molar-refractivity contribution is -0.274. The van der Waals surface area contributed by atoms with Crippen molar-refractivity contribution in [3.05, 3.63) is 53.6 Å². The Balaban J connectivity index is 2.01. The van der Waals surface area contributed by atoms with Crippen molar-refractivity contribution in [2.24, 2.45) is 0 Å². The average Bonchev–Trinajstić information content (AvgIpc) is 2.66. The summed E-state index contributed by atoms with van der Waals surface area (Å²) in [5.41, 5.74) is 1.66. The van der Waals surface area contributed by atoms with Gasteiger partial charge in [-0.2, -0.15) is 0 Å². The summed E-state index contributed by atoms with van der Waals surface area (Å²) in [4.78, 5) is 3.68. The molecule has 1 heterocycles. The van der Waals surface area contributed by atoms with Crippen LogP contribution in [-0.2, 0) is 6.54 Å². The van der Waals surface area contributed by atoms with Gasteiger partial charge in [-0.15, -0.1) is 13.2 Å². The van der Waals surface area contributed by atoms with Gasteiger partial charge >= 0.3 is 6.36 Å². The first-order valence-corrected chi connectivity index (χ1v) is 7.53. The van der Waals surface area contributed by atoms with Crippen LogP contribution < -0.4 is 9.64 Å². The molecule has 0 bridgehead atoms. The van der Waals surface area contributed by atoms with Crippen molar-refractivity contribution in [1.82, 2.24) is 4.90 Å². The molecule has 0 unspecified atom stereocenters. The number of rotatable bonds is 2. The summed E-state index contributed by atoms with van der Waals surface area (Å²) in [7, 11) is 1.83. The van der Waals surface area contributed by atoms with Crippen LogP contribution in [-0.4, -0.2) is 31.4 Å². The van der Waals surface area contributed by atoms with Crippen LogP contribution in [0.15, 0.2) is 36.4 Å². The smallest absolute Gasteiger partial charge is 0.406 e. The van der Waals surface area contributed by atoms with E-state index in [0.29, 0.717) is 36.6 Å². The van der Waals surface area contributed by atoms with Gasteiger partial charge in [0.25, 0.3) is 0 Å². The normalized spacial score (nSPS) is 15.7. The van der Waals surface area contributed by atoms with Crippen LogP contribution in [0.5, 0.6) is 5.75 Å². The molecule has 0 N–H and O–H groups in total. The van der Waals surface area contributed by atoms with E-state index in [-0.39, 0.29) is 5.75 Å². The first kappa shape index (κ1) is 17.5. The Hall–Kier alpha value is -2.35. The van der Waals surface area contributed by atoms with E-state index < -0.39 is 18.0 Å². The van der Waals surface area contributed by atoms with Crippen LogP contribution in [0.4, 0.5) is 33.3 Å². The van der Waals surface area contributed by atoms with E-state index in [1.54, 1.807) is 4.90 Å². The monoisotopic (exact) mass is 358 g/mol. The third kappa shape index (κ3) is 4.01. The summed E-state index contributed by atoms with van der Waals surface area (Å²) in [6, 6.07) is 7.57. The van der Waals surface area contributed by atoms with Gasteiger partial charge in [-0.05, 0) is 42.9 Å². The standard InChI is InChI=1S/C17H15F5N2O/c1-23-6-7-24(12-2-4-14(18)15(19)9-12)16-5-3-13(8-11(16)10-23)25-17(20,21)22/h2-5,8-9H,6-7,10H2,1H3. The topological polar surface area (TPSA) is 15.7 Å². The Morgan fingerprint density at radius 2 is 1.72 bits per heavy atom. The zero-order valence-electron chi connectivity index (χ0n) is 13.3. The van der Waals surface area contributed by atoms with Crippen molar-refractivity contribution in [3.8, 4) is 5.75 Å². The summed E-state index contributed by atoms with van der Waals surface area (Å²) in [6.07, 6.45) is -4.77. The maximum atomic E-state index is 13.6. The molecule has 1 aliphatic heterocycles. The van der Waals surface area contributed by atoms with Gasteiger partial charge in [0.15, 0.2) is 11.6 Å². The molecule has 0 aromatic heterocycles. The van der Waals surface area contributed by atoms with Crippen LogP contribution in [0.1, 0.15) is 5.56 Å². The number of ether oxygens (including phenoxy) is 1. The van der Waals surface area contributed by atoms with Gasteiger partial charge in [0.05, 0.1) is 0 Å². The lowest BCUT2D eigenvalue weighted by Crippen LogP contribution is -2.26. The maximum absolute atomic E-state index is 13.6. The first-order valence-electron chi connectivity index (χ1n) is 7.53. The molecule has 0 fully saturated rings. The lowest BCUT2D eigenvalue weighted by atomic mass is 10.1. The van der Waals surface area contributed by atoms with Crippen molar-refractivity contribution in [2.75, 3.05) is 25.0 Å². The number of hydrogen-bond donors (Lipinski definition) is 0. The molecule has 1 aliphatic rings. The molecule has 0 radical (unpaired) electrons. The van der Waals surface area contributed by atoms with Crippen molar-refractivity contribution in [1.29, 1.82) is 0 Å². The number of likely N-dealkylation sites (N-methyl/N-ethyl adjacent to an activating group) is 1. The van der Waals surface area contributed by atoms with Crippen molar-refractivity contribution >= 4 is 11.4 Å². The molecule has 0 saturated heterocycles. The highest BCUT2D eigenvalue weighted by molar-refractivity contribution is 5.68. The minimum Gasteiger partial charge on any atom is -0.406 e. The quantitative estimate of drug-likeness (QED) is 0.738. The SMILES string of the molecule is CN1CCN(c2ccc(F)c(F)c2)c2ccc(OC(F)(F)F)cc2C1. The number of hydrogen-bond acceptors (Lipinski definition) is 3. The van der Waals surface area contributed by atoms with Gasteiger partial charge in [0.2, 0.25) is 0 Å². The predicted molar refractivity (Wildman–Crippen MR) is 82.8 cm³/mol. The van der Waals surface area contributed by atoms with E-state index in [1.807, 2.05) is 11.9 Å². The second-order valence-corrected chi connectivity index (χ2v) is 5.83. The van der Waals surface area contributed by atoms with Gasteiger partial charge in [-0.1, -0.05) is 0 Å². The van der Waals surface area contributed by atoms with Crippen LogP contribution in [0, 0.1) is 11.6 Å². The van der Waals surface area contributed by atoms with Gasteiger partial charge < -0.3 is 14.5 Å². The van der Waals surface area contributed by atoms with E-state index in [9.17, 15) is 22.0 Å². The fraction of sp³-hybridized carbons (Fsp3) is 0.294. The van der Waals surface area contributed by atoms with Crippen molar-refractivity contribution in [2.45, 2.75) is 12.9 Å². The van der Waals surface area contributed by atoms with E-state index in [1.165, 1.54) is 24.3 Å². The zero-order valence-corrected chi connectivity index (χ0v) is 13.3. The molecule has 3 nitrogen and oxygen atoms in total. The molecule has 0 amide bonds. The Morgan fingerprint density at radius 1 is 0.960 bits per heavy atom. The zero-order chi connectivity index (χ0) is 18.2. The fourth-order valence-electron chi connectivity index (χ4n) is 2.83. The maximum Gasteiger partial charge on any atom is 0.573 e. The Bertz CT molecular complexity index is 778. The van der Waals surface area contributed by atoms with Gasteiger partial charge in [-0.3, -0.25) is 0 Å². The van der Waals surface area contributed by atoms with Crippen molar-refractivity contribution in [3.63, 3.8) is 0 Å². The molecule has 3 rings (SSSR count). The molecule has 2 aromatic carbocycles. The second kappa shape index (κ2) is 6.51. The van der Waals surface area contributed by atoms with Crippen LogP contribution >= 0.6 is 0 Å². The van der Waals surface area contributed by atoms with Crippen LogP contribution in [0.3, 0.4) is 0 Å². The summed E-state index contributed by atoms with van der Waals surface area (Å²) in [6.45, 7) is 1.49. The summed E-state index contributed by atoms with van der Waals surface area (Å²) < 4.78 is 68.0. The highest BCUT2D eigenvalue weighted by Crippen LogP contribution is 2.35. The van der Waals surface area contributed by atoms with E-state index in [2.05, 4.69) is 4.74 Å². The Morgan fingerprint density at radius 3 is 2.40 bits per heavy atom. The molecule has 0 aliphatic carbocycles. The third-order valence-corrected chi connectivity index (χ3v) is 3.94. The summed E-state index contributed by atoms with van der Waals surface area (Å²) >= 11 is 0. The number of anilines is 2. The number of halogens is 5. The predicted octanol–water partition coefficient (Wildman–Crippen LogP) is 4.45. The molecule has 0 atom stereocenters. The number of alkyl halides is 3. The van der Waals surface area contributed by atoms with Crippen LogP contribution in [0.2, 0.25) is 0 Å². The molecule has 0 saturated carbocycles. The van der Waals surface area contributed by atoms with Gasteiger partial charge in [0, 0.05) is 37.1 Å². The summed E-state index contributed by atoms with van der Waals surface area (Å²) in [5, 5.41) is 0. The van der Waals surface area contributed by atoms with Gasteiger partial charge in [0.1, 0.15) is 5.75 Å². The van der Waals surface area contributed by atoms with E-state index >= 15 is 0 Å². The fourth-order valence-corrected chi connectivity index (χ4v) is 2.83. The Labute approximate surface area is 141 Å². The summed E-state index contributed by atoms with van der Waals surface area (Å²) in [5.74, 6) is -2.25. The molecular formula is C17H15F5N2O. The molecule has 0 spiro atoms. The van der Waals surface area contributed by atoms with E-state index in [4.69, 9.17) is 0 Å². The molecule has 25 heavy (non-hydrogen) atoms. The molecule has 2 aromatic rings. The minimum absolute atomic E-state index is 0.313. The first-order chi connectivity index (χ1) is 11.7.